The summed E-state index contributed by atoms with van der Waals surface area (Å²) in [5.74, 6) is -0.553. The molecule has 0 radical (unpaired) electrons. The molecule has 112 valence electrons. The van der Waals surface area contributed by atoms with Crippen LogP contribution in [0.2, 0.25) is 0 Å². The van der Waals surface area contributed by atoms with Crippen LogP contribution in [-0.2, 0) is 11.2 Å². The first-order chi connectivity index (χ1) is 9.18. The van der Waals surface area contributed by atoms with Crippen molar-refractivity contribution in [1.82, 2.24) is 5.32 Å². The number of carbonyl (C=O) groups excluding carboxylic acids is 1. The molecule has 0 aliphatic rings. The number of nitrogens with two attached hydrogens (primary N) is 1. The Labute approximate surface area is 115 Å². The van der Waals surface area contributed by atoms with Crippen LogP contribution in [0.5, 0.6) is 5.75 Å². The van der Waals surface area contributed by atoms with Gasteiger partial charge in [0.15, 0.2) is 5.54 Å². The molecule has 20 heavy (non-hydrogen) atoms. The van der Waals surface area contributed by atoms with E-state index in [9.17, 15) is 18.0 Å². The molecule has 0 spiro atoms. The number of halogens is 3. The first kappa shape index (κ1) is 16.3. The van der Waals surface area contributed by atoms with E-state index < -0.39 is 17.6 Å². The minimum absolute atomic E-state index is 0.0774. The fraction of sp³-hybridized carbons (Fsp3) is 0.462. The summed E-state index contributed by atoms with van der Waals surface area (Å²) in [6, 6.07) is 7.02. The van der Waals surface area contributed by atoms with Crippen molar-refractivity contribution in [2.75, 3.05) is 13.7 Å². The molecule has 0 aliphatic carbocycles. The number of rotatable bonds is 5. The molecule has 0 aliphatic heterocycles. The van der Waals surface area contributed by atoms with Gasteiger partial charge in [0.1, 0.15) is 5.75 Å². The zero-order valence-electron chi connectivity index (χ0n) is 11.3. The summed E-state index contributed by atoms with van der Waals surface area (Å²) in [5.41, 5.74) is 2.99. The van der Waals surface area contributed by atoms with Gasteiger partial charge >= 0.3 is 6.18 Å². The number of ether oxygens (including phenoxy) is 1. The normalized spacial score (nSPS) is 14.5. The fourth-order valence-corrected chi connectivity index (χ4v) is 1.42. The maximum absolute atomic E-state index is 12.5. The van der Waals surface area contributed by atoms with Crippen molar-refractivity contribution >= 4 is 5.91 Å². The van der Waals surface area contributed by atoms with Crippen LogP contribution < -0.4 is 15.8 Å². The van der Waals surface area contributed by atoms with Crippen molar-refractivity contribution in [1.29, 1.82) is 0 Å². The maximum Gasteiger partial charge on any atom is 0.415 e. The van der Waals surface area contributed by atoms with E-state index >= 15 is 0 Å². The third kappa shape index (κ3) is 3.86. The Balaban J connectivity index is 2.49. The van der Waals surface area contributed by atoms with E-state index in [4.69, 9.17) is 10.5 Å². The molecule has 1 unspecified atom stereocenters. The molecule has 0 bridgehead atoms. The van der Waals surface area contributed by atoms with Crippen molar-refractivity contribution in [3.63, 3.8) is 0 Å². The molecule has 7 heteroatoms. The second-order valence-electron chi connectivity index (χ2n) is 4.55. The van der Waals surface area contributed by atoms with Gasteiger partial charge < -0.3 is 15.8 Å². The number of methoxy groups -OCH3 is 1. The lowest BCUT2D eigenvalue weighted by molar-refractivity contribution is -0.187. The Morgan fingerprint density at radius 2 is 1.85 bits per heavy atom. The van der Waals surface area contributed by atoms with Gasteiger partial charge in [-0.1, -0.05) is 12.1 Å². The molecular weight excluding hydrogens is 273 g/mol. The van der Waals surface area contributed by atoms with Gasteiger partial charge in [-0.2, -0.15) is 13.2 Å². The topological polar surface area (TPSA) is 64.3 Å². The first-order valence-corrected chi connectivity index (χ1v) is 5.95. The summed E-state index contributed by atoms with van der Waals surface area (Å²) in [7, 11) is 1.54. The SMILES string of the molecule is COc1ccc(CCNC(=O)C(C)(N)C(F)(F)F)cc1. The maximum atomic E-state index is 12.5. The van der Waals surface area contributed by atoms with E-state index in [1.807, 2.05) is 0 Å². The zero-order chi connectivity index (χ0) is 15.4. The molecule has 0 fully saturated rings. The lowest BCUT2D eigenvalue weighted by Crippen LogP contribution is -2.61. The molecule has 1 aromatic carbocycles. The van der Waals surface area contributed by atoms with Gasteiger partial charge in [-0.25, -0.2) is 0 Å². The fourth-order valence-electron chi connectivity index (χ4n) is 1.42. The first-order valence-electron chi connectivity index (χ1n) is 5.95. The Kier molecular flexibility index (Phi) is 4.99. The van der Waals surface area contributed by atoms with Crippen molar-refractivity contribution in [2.24, 2.45) is 5.73 Å². The van der Waals surface area contributed by atoms with E-state index in [1.165, 1.54) is 7.11 Å². The van der Waals surface area contributed by atoms with Crippen LogP contribution in [0.4, 0.5) is 13.2 Å². The smallest absolute Gasteiger partial charge is 0.415 e. The molecule has 1 amide bonds. The lowest BCUT2D eigenvalue weighted by atomic mass is 10.0. The van der Waals surface area contributed by atoms with Gasteiger partial charge in [0.2, 0.25) is 5.91 Å². The number of amides is 1. The molecule has 3 N–H and O–H groups in total. The summed E-state index contributed by atoms with van der Waals surface area (Å²) in [6.45, 7) is 0.726. The van der Waals surface area contributed by atoms with Crippen molar-refractivity contribution in [3.8, 4) is 5.75 Å². The monoisotopic (exact) mass is 290 g/mol. The van der Waals surface area contributed by atoms with E-state index in [1.54, 1.807) is 24.3 Å². The highest BCUT2D eigenvalue weighted by molar-refractivity contribution is 5.86. The highest BCUT2D eigenvalue weighted by Gasteiger charge is 2.53. The number of hydrogen-bond acceptors (Lipinski definition) is 3. The van der Waals surface area contributed by atoms with Crippen LogP contribution in [-0.4, -0.2) is 31.3 Å². The highest BCUT2D eigenvalue weighted by Crippen LogP contribution is 2.27. The van der Waals surface area contributed by atoms with Gasteiger partial charge in [0, 0.05) is 6.54 Å². The number of hydrogen-bond donors (Lipinski definition) is 2. The quantitative estimate of drug-likeness (QED) is 0.866. The highest BCUT2D eigenvalue weighted by atomic mass is 19.4. The number of benzene rings is 1. The molecule has 0 saturated carbocycles. The summed E-state index contributed by atoms with van der Waals surface area (Å²) < 4.78 is 42.5. The standard InChI is InChI=1S/C13H17F3N2O2/c1-12(17,13(14,15)16)11(19)18-8-7-9-3-5-10(20-2)6-4-9/h3-6H,7-8,17H2,1-2H3,(H,18,19). The summed E-state index contributed by atoms with van der Waals surface area (Å²) in [4.78, 5) is 11.4. The van der Waals surface area contributed by atoms with E-state index in [-0.39, 0.29) is 6.54 Å². The Morgan fingerprint density at radius 3 is 2.30 bits per heavy atom. The van der Waals surface area contributed by atoms with Gasteiger partial charge in [-0.15, -0.1) is 0 Å². The number of nitrogens with one attached hydrogen (secondary N) is 1. The second kappa shape index (κ2) is 6.13. The van der Waals surface area contributed by atoms with E-state index in [0.717, 1.165) is 5.56 Å². The van der Waals surface area contributed by atoms with Gasteiger partial charge in [-0.3, -0.25) is 4.79 Å². The van der Waals surface area contributed by atoms with Crippen LogP contribution in [0, 0.1) is 0 Å². The van der Waals surface area contributed by atoms with Gasteiger partial charge in [-0.05, 0) is 31.0 Å². The van der Waals surface area contributed by atoms with Crippen molar-refractivity contribution < 1.29 is 22.7 Å². The van der Waals surface area contributed by atoms with Gasteiger partial charge in [0.05, 0.1) is 7.11 Å². The van der Waals surface area contributed by atoms with Crippen LogP contribution in [0.25, 0.3) is 0 Å². The lowest BCUT2D eigenvalue weighted by Gasteiger charge is -2.26. The number of alkyl halides is 3. The third-order valence-electron chi connectivity index (χ3n) is 2.92. The minimum Gasteiger partial charge on any atom is -0.497 e. The number of carbonyl (C=O) groups is 1. The zero-order valence-corrected chi connectivity index (χ0v) is 11.3. The Hall–Kier alpha value is -1.76. The predicted molar refractivity (Wildman–Crippen MR) is 68.4 cm³/mol. The van der Waals surface area contributed by atoms with E-state index in [0.29, 0.717) is 19.1 Å². The average Bonchev–Trinajstić information content (AvgIpc) is 2.38. The third-order valence-corrected chi connectivity index (χ3v) is 2.92. The van der Waals surface area contributed by atoms with E-state index in [2.05, 4.69) is 5.32 Å². The van der Waals surface area contributed by atoms with Crippen LogP contribution in [0.3, 0.4) is 0 Å². The van der Waals surface area contributed by atoms with Crippen LogP contribution in [0.1, 0.15) is 12.5 Å². The average molecular weight is 290 g/mol. The van der Waals surface area contributed by atoms with Crippen LogP contribution in [0.15, 0.2) is 24.3 Å². The molecule has 1 rings (SSSR count). The van der Waals surface area contributed by atoms with Crippen molar-refractivity contribution in [2.45, 2.75) is 25.1 Å². The van der Waals surface area contributed by atoms with Crippen LogP contribution >= 0.6 is 0 Å². The molecule has 1 aromatic rings. The molecule has 1 atom stereocenters. The molecule has 0 heterocycles. The summed E-state index contributed by atoms with van der Waals surface area (Å²) in [5, 5.41) is 2.19. The largest absolute Gasteiger partial charge is 0.497 e. The minimum atomic E-state index is -4.78. The summed E-state index contributed by atoms with van der Waals surface area (Å²) in [6.07, 6.45) is -4.37. The predicted octanol–water partition coefficient (Wildman–Crippen LogP) is 1.63. The van der Waals surface area contributed by atoms with Crippen molar-refractivity contribution in [3.05, 3.63) is 29.8 Å². The molecule has 4 nitrogen and oxygen atoms in total. The molecule has 0 aromatic heterocycles. The molecule has 0 saturated heterocycles. The molecular formula is C13H17F3N2O2. The second-order valence-corrected chi connectivity index (χ2v) is 4.55. The Morgan fingerprint density at radius 1 is 1.30 bits per heavy atom. The Bertz CT molecular complexity index is 456. The van der Waals surface area contributed by atoms with Gasteiger partial charge in [0.25, 0.3) is 0 Å². The summed E-state index contributed by atoms with van der Waals surface area (Å²) >= 11 is 0.